The average Bonchev–Trinajstić information content (AvgIpc) is 3.28. The van der Waals surface area contributed by atoms with Crippen LogP contribution in [-0.2, 0) is 6.54 Å². The number of rotatable bonds is 4. The number of fused-ring (bicyclic) bond motifs is 1. The average molecular weight is 328 g/mol. The van der Waals surface area contributed by atoms with E-state index >= 15 is 0 Å². The summed E-state index contributed by atoms with van der Waals surface area (Å²) in [4.78, 5) is 17.6. The molecule has 0 aromatic carbocycles. The third kappa shape index (κ3) is 2.36. The number of carbonyl (C=O) groups is 1. The Balaban J connectivity index is 1.63. The fourth-order valence-corrected chi connectivity index (χ4v) is 3.14. The minimum absolute atomic E-state index is 0.0483. The van der Waals surface area contributed by atoms with Gasteiger partial charge in [0.05, 0.1) is 18.8 Å². The molecule has 10 nitrogen and oxygen atoms in total. The second-order valence-corrected chi connectivity index (χ2v) is 5.81. The van der Waals surface area contributed by atoms with E-state index in [1.807, 2.05) is 17.5 Å². The van der Waals surface area contributed by atoms with Crippen molar-refractivity contribution in [2.75, 3.05) is 11.4 Å². The molecule has 1 unspecified atom stereocenters. The molecular weight excluding hydrogens is 312 g/mol. The molecule has 4 rings (SSSR count). The third-order valence-electron chi connectivity index (χ3n) is 4.28. The second kappa shape index (κ2) is 5.55. The number of anilines is 1. The van der Waals surface area contributed by atoms with E-state index in [4.69, 9.17) is 5.11 Å². The highest BCUT2D eigenvalue weighted by Crippen LogP contribution is 2.27. The van der Waals surface area contributed by atoms with Gasteiger partial charge in [0.2, 0.25) is 5.65 Å². The van der Waals surface area contributed by atoms with Gasteiger partial charge >= 0.3 is 5.97 Å². The number of hydrogen-bond acceptors (Lipinski definition) is 7. The van der Waals surface area contributed by atoms with Crippen LogP contribution in [0.5, 0.6) is 0 Å². The highest BCUT2D eigenvalue weighted by atomic mass is 16.4. The van der Waals surface area contributed by atoms with Crippen LogP contribution in [0, 0.1) is 6.92 Å². The monoisotopic (exact) mass is 328 g/mol. The molecule has 3 aromatic heterocycles. The summed E-state index contributed by atoms with van der Waals surface area (Å²) in [6, 6.07) is 0.157. The van der Waals surface area contributed by atoms with Crippen LogP contribution in [-0.4, -0.2) is 58.2 Å². The predicted molar refractivity (Wildman–Crippen MR) is 82.9 cm³/mol. The maximum atomic E-state index is 10.9. The SMILES string of the molecule is Cc1nnc2c(N3CCCC3Cn3cc(C(=O)O)nn3)nccn12. The Kier molecular flexibility index (Phi) is 3.36. The van der Waals surface area contributed by atoms with Crippen LogP contribution in [0.1, 0.15) is 29.2 Å². The molecule has 1 saturated heterocycles. The molecule has 1 atom stereocenters. The Morgan fingerprint density at radius 2 is 2.25 bits per heavy atom. The maximum Gasteiger partial charge on any atom is 0.358 e. The van der Waals surface area contributed by atoms with Crippen molar-refractivity contribution in [3.05, 3.63) is 30.1 Å². The lowest BCUT2D eigenvalue weighted by Crippen LogP contribution is -2.34. The Labute approximate surface area is 136 Å². The van der Waals surface area contributed by atoms with Crippen LogP contribution < -0.4 is 4.90 Å². The smallest absolute Gasteiger partial charge is 0.358 e. The van der Waals surface area contributed by atoms with E-state index in [9.17, 15) is 4.79 Å². The first-order valence-corrected chi connectivity index (χ1v) is 7.70. The molecule has 0 radical (unpaired) electrons. The number of aromatic nitrogens is 7. The van der Waals surface area contributed by atoms with E-state index in [0.29, 0.717) is 6.54 Å². The van der Waals surface area contributed by atoms with Gasteiger partial charge in [-0.3, -0.25) is 4.40 Å². The molecule has 0 aliphatic carbocycles. The summed E-state index contributed by atoms with van der Waals surface area (Å²) in [5.41, 5.74) is 0.680. The molecule has 10 heteroatoms. The minimum Gasteiger partial charge on any atom is -0.476 e. The van der Waals surface area contributed by atoms with Crippen molar-refractivity contribution in [3.63, 3.8) is 0 Å². The quantitative estimate of drug-likeness (QED) is 0.731. The summed E-state index contributed by atoms with van der Waals surface area (Å²) in [5.74, 6) is 0.529. The lowest BCUT2D eigenvalue weighted by atomic mass is 10.2. The van der Waals surface area contributed by atoms with Gasteiger partial charge in [-0.1, -0.05) is 5.21 Å². The van der Waals surface area contributed by atoms with E-state index in [2.05, 4.69) is 30.4 Å². The van der Waals surface area contributed by atoms with Gasteiger partial charge in [0.25, 0.3) is 0 Å². The van der Waals surface area contributed by atoms with Crippen LogP contribution in [0.2, 0.25) is 0 Å². The number of carboxylic acid groups (broad SMARTS) is 1. The topological polar surface area (TPSA) is 114 Å². The molecule has 0 amide bonds. The number of carboxylic acids is 1. The molecule has 1 fully saturated rings. The van der Waals surface area contributed by atoms with E-state index in [0.717, 1.165) is 36.7 Å². The fraction of sp³-hybridized carbons (Fsp3) is 0.429. The van der Waals surface area contributed by atoms with Gasteiger partial charge in [-0.15, -0.1) is 15.3 Å². The van der Waals surface area contributed by atoms with Crippen LogP contribution in [0.25, 0.3) is 5.65 Å². The Morgan fingerprint density at radius 1 is 1.38 bits per heavy atom. The van der Waals surface area contributed by atoms with Crippen LogP contribution >= 0.6 is 0 Å². The van der Waals surface area contributed by atoms with Crippen molar-refractivity contribution >= 4 is 17.4 Å². The zero-order chi connectivity index (χ0) is 16.7. The zero-order valence-electron chi connectivity index (χ0n) is 13.1. The largest absolute Gasteiger partial charge is 0.476 e. The summed E-state index contributed by atoms with van der Waals surface area (Å²) >= 11 is 0. The molecule has 1 aliphatic heterocycles. The molecule has 1 aliphatic rings. The summed E-state index contributed by atoms with van der Waals surface area (Å²) < 4.78 is 3.48. The number of nitrogens with zero attached hydrogens (tertiary/aromatic N) is 8. The number of hydrogen-bond donors (Lipinski definition) is 1. The third-order valence-corrected chi connectivity index (χ3v) is 4.28. The Hall–Kier alpha value is -3.04. The molecular formula is C14H16N8O2. The standard InChI is InChI=1S/C14H16N8O2/c1-9-16-18-13-12(15-4-6-21(9)13)22-5-2-3-10(22)7-20-8-11(14(23)24)17-19-20/h4,6,8,10H,2-3,5,7H2,1H3,(H,23,24). The van der Waals surface area contributed by atoms with Gasteiger partial charge < -0.3 is 10.0 Å². The van der Waals surface area contributed by atoms with Crippen molar-refractivity contribution < 1.29 is 9.90 Å². The molecule has 0 bridgehead atoms. The number of aryl methyl sites for hydroxylation is 1. The van der Waals surface area contributed by atoms with Crippen LogP contribution in [0.4, 0.5) is 5.82 Å². The summed E-state index contributed by atoms with van der Waals surface area (Å²) in [6.07, 6.45) is 7.04. The van der Waals surface area contributed by atoms with Crippen LogP contribution in [0.3, 0.4) is 0 Å². The van der Waals surface area contributed by atoms with Gasteiger partial charge in [0.1, 0.15) is 5.82 Å². The lowest BCUT2D eigenvalue weighted by Gasteiger charge is -2.25. The number of aromatic carboxylic acids is 1. The minimum atomic E-state index is -1.07. The first-order chi connectivity index (χ1) is 11.6. The first kappa shape index (κ1) is 14.5. The lowest BCUT2D eigenvalue weighted by molar-refractivity contribution is 0.0690. The van der Waals surface area contributed by atoms with Gasteiger partial charge in [0, 0.05) is 18.9 Å². The maximum absolute atomic E-state index is 10.9. The van der Waals surface area contributed by atoms with Crippen molar-refractivity contribution in [1.29, 1.82) is 0 Å². The van der Waals surface area contributed by atoms with Crippen molar-refractivity contribution in [3.8, 4) is 0 Å². The van der Waals surface area contributed by atoms with E-state index in [-0.39, 0.29) is 11.7 Å². The van der Waals surface area contributed by atoms with Crippen molar-refractivity contribution in [2.24, 2.45) is 0 Å². The van der Waals surface area contributed by atoms with Crippen LogP contribution in [0.15, 0.2) is 18.6 Å². The highest BCUT2D eigenvalue weighted by molar-refractivity contribution is 5.84. The fourth-order valence-electron chi connectivity index (χ4n) is 3.14. The molecule has 4 heterocycles. The molecule has 124 valence electrons. The van der Waals surface area contributed by atoms with E-state index in [1.54, 1.807) is 10.9 Å². The van der Waals surface area contributed by atoms with Crippen molar-refractivity contribution in [1.82, 2.24) is 34.6 Å². The molecule has 0 saturated carbocycles. The second-order valence-electron chi connectivity index (χ2n) is 5.81. The molecule has 3 aromatic rings. The van der Waals surface area contributed by atoms with E-state index in [1.165, 1.54) is 6.20 Å². The van der Waals surface area contributed by atoms with Gasteiger partial charge in [-0.25, -0.2) is 14.5 Å². The van der Waals surface area contributed by atoms with Gasteiger partial charge in [-0.2, -0.15) is 0 Å². The summed E-state index contributed by atoms with van der Waals surface area (Å²) in [7, 11) is 0. The molecule has 1 N–H and O–H groups in total. The first-order valence-electron chi connectivity index (χ1n) is 7.70. The van der Waals surface area contributed by atoms with E-state index < -0.39 is 5.97 Å². The van der Waals surface area contributed by atoms with Gasteiger partial charge in [-0.05, 0) is 19.8 Å². The molecule has 24 heavy (non-hydrogen) atoms. The van der Waals surface area contributed by atoms with Crippen molar-refractivity contribution in [2.45, 2.75) is 32.4 Å². The highest BCUT2D eigenvalue weighted by Gasteiger charge is 2.29. The normalized spacial score (nSPS) is 17.7. The predicted octanol–water partition coefficient (Wildman–Crippen LogP) is 0.391. The molecule has 0 spiro atoms. The van der Waals surface area contributed by atoms with Gasteiger partial charge in [0.15, 0.2) is 11.5 Å². The summed E-state index contributed by atoms with van der Waals surface area (Å²) in [6.45, 7) is 3.31. The zero-order valence-corrected chi connectivity index (χ0v) is 13.1. The summed E-state index contributed by atoms with van der Waals surface area (Å²) in [5, 5.41) is 24.9. The Morgan fingerprint density at radius 3 is 3.04 bits per heavy atom. The Bertz CT molecular complexity index is 901.